The van der Waals surface area contributed by atoms with Crippen LogP contribution in [0.15, 0.2) is 0 Å². The molecule has 0 amide bonds. The lowest BCUT2D eigenvalue weighted by Gasteiger charge is -2.31. The molecule has 1 saturated carbocycles. The molecule has 3 atom stereocenters. The van der Waals surface area contributed by atoms with Gasteiger partial charge in [-0.3, -0.25) is 0 Å². The summed E-state index contributed by atoms with van der Waals surface area (Å²) >= 11 is 0. The van der Waals surface area contributed by atoms with Crippen molar-refractivity contribution in [3.05, 3.63) is 0 Å². The van der Waals surface area contributed by atoms with Gasteiger partial charge in [-0.15, -0.1) is 0 Å². The first-order chi connectivity index (χ1) is 9.21. The van der Waals surface area contributed by atoms with Gasteiger partial charge in [0.1, 0.15) is 0 Å². The first-order valence-corrected chi connectivity index (χ1v) is 8.67. The second-order valence-corrected chi connectivity index (χ2v) is 8.40. The fraction of sp³-hybridized carbons (Fsp3) is 1.00. The molecule has 1 fully saturated rings. The van der Waals surface area contributed by atoms with Gasteiger partial charge in [-0.25, -0.2) is 0 Å². The van der Waals surface area contributed by atoms with Gasteiger partial charge in [-0.1, -0.05) is 41.0 Å². The summed E-state index contributed by atoms with van der Waals surface area (Å²) in [6.07, 6.45) is 8.09. The van der Waals surface area contributed by atoms with Gasteiger partial charge in [-0.05, 0) is 62.9 Å². The van der Waals surface area contributed by atoms with Crippen LogP contribution in [0, 0.1) is 17.3 Å². The summed E-state index contributed by atoms with van der Waals surface area (Å²) in [7, 11) is 2.30. The minimum absolute atomic E-state index is 0.352. The van der Waals surface area contributed by atoms with Crippen molar-refractivity contribution in [2.45, 2.75) is 85.2 Å². The topological polar surface area (TPSA) is 29.3 Å². The van der Waals surface area contributed by atoms with Crippen LogP contribution in [0.4, 0.5) is 0 Å². The average Bonchev–Trinajstić information content (AvgIpc) is 2.60. The van der Waals surface area contributed by atoms with Gasteiger partial charge in [0.25, 0.3) is 0 Å². The number of nitrogens with two attached hydrogens (primary N) is 1. The average molecular weight is 283 g/mol. The molecule has 2 heteroatoms. The van der Waals surface area contributed by atoms with Crippen molar-refractivity contribution in [2.24, 2.45) is 23.0 Å². The molecule has 0 heterocycles. The van der Waals surface area contributed by atoms with E-state index < -0.39 is 0 Å². The van der Waals surface area contributed by atoms with Crippen molar-refractivity contribution in [2.75, 3.05) is 13.6 Å². The lowest BCUT2D eigenvalue weighted by atomic mass is 9.76. The molecular weight excluding hydrogens is 244 g/mol. The van der Waals surface area contributed by atoms with E-state index in [-0.39, 0.29) is 0 Å². The van der Waals surface area contributed by atoms with Crippen molar-refractivity contribution < 1.29 is 0 Å². The number of hydrogen-bond acceptors (Lipinski definition) is 2. The van der Waals surface area contributed by atoms with E-state index in [4.69, 9.17) is 5.73 Å². The zero-order valence-corrected chi connectivity index (χ0v) is 14.8. The Balaban J connectivity index is 2.40. The number of nitrogens with zero attached hydrogens (tertiary/aromatic N) is 1. The zero-order valence-electron chi connectivity index (χ0n) is 14.8. The summed E-state index contributed by atoms with van der Waals surface area (Å²) in [4.78, 5) is 2.58. The largest absolute Gasteiger partial charge is 0.327 e. The molecule has 1 rings (SSSR count). The van der Waals surface area contributed by atoms with Crippen LogP contribution in [0.2, 0.25) is 0 Å². The molecule has 0 radical (unpaired) electrons. The maximum Gasteiger partial charge on any atom is 0.00923 e. The third-order valence-corrected chi connectivity index (χ3v) is 5.46. The highest BCUT2D eigenvalue weighted by Gasteiger charge is 2.28. The minimum Gasteiger partial charge on any atom is -0.327 e. The van der Waals surface area contributed by atoms with Crippen LogP contribution >= 0.6 is 0 Å². The quantitative estimate of drug-likeness (QED) is 0.762. The molecule has 0 spiro atoms. The Morgan fingerprint density at radius 3 is 2.30 bits per heavy atom. The third-order valence-electron chi connectivity index (χ3n) is 5.46. The standard InChI is InChI=1S/C18H38N2/c1-14(2)17(19)12-13-20(6)16-9-7-8-15(10-11-16)18(3,4)5/h14-17H,7-13,19H2,1-6H3. The van der Waals surface area contributed by atoms with Crippen LogP contribution in [0.1, 0.15) is 73.1 Å². The summed E-state index contributed by atoms with van der Waals surface area (Å²) in [5, 5.41) is 0. The highest BCUT2D eigenvalue weighted by atomic mass is 15.1. The second-order valence-electron chi connectivity index (χ2n) is 8.40. The van der Waals surface area contributed by atoms with E-state index in [1.54, 1.807) is 0 Å². The molecule has 0 aromatic carbocycles. The van der Waals surface area contributed by atoms with Crippen molar-refractivity contribution >= 4 is 0 Å². The fourth-order valence-electron chi connectivity index (χ4n) is 3.46. The third kappa shape index (κ3) is 5.73. The number of hydrogen-bond donors (Lipinski definition) is 1. The first-order valence-electron chi connectivity index (χ1n) is 8.67. The first kappa shape index (κ1) is 18.0. The minimum atomic E-state index is 0.352. The molecule has 120 valence electrons. The van der Waals surface area contributed by atoms with Crippen molar-refractivity contribution in [1.29, 1.82) is 0 Å². The van der Waals surface area contributed by atoms with Gasteiger partial charge in [0.05, 0.1) is 0 Å². The van der Waals surface area contributed by atoms with Crippen LogP contribution in [-0.2, 0) is 0 Å². The summed E-state index contributed by atoms with van der Waals surface area (Å²) < 4.78 is 0. The zero-order chi connectivity index (χ0) is 15.3. The van der Waals surface area contributed by atoms with E-state index in [1.165, 1.54) is 32.1 Å². The van der Waals surface area contributed by atoms with Gasteiger partial charge in [0.2, 0.25) is 0 Å². The molecule has 20 heavy (non-hydrogen) atoms. The Morgan fingerprint density at radius 2 is 1.75 bits per heavy atom. The molecule has 3 unspecified atom stereocenters. The molecule has 0 bridgehead atoms. The van der Waals surface area contributed by atoms with Gasteiger partial charge >= 0.3 is 0 Å². The highest BCUT2D eigenvalue weighted by Crippen LogP contribution is 2.37. The molecule has 1 aliphatic rings. The highest BCUT2D eigenvalue weighted by molar-refractivity contribution is 4.82. The van der Waals surface area contributed by atoms with Gasteiger partial charge in [0, 0.05) is 12.1 Å². The Kier molecular flexibility index (Phi) is 7.00. The molecule has 0 saturated heterocycles. The van der Waals surface area contributed by atoms with Crippen LogP contribution in [-0.4, -0.2) is 30.6 Å². The smallest absolute Gasteiger partial charge is 0.00923 e. The van der Waals surface area contributed by atoms with E-state index in [0.717, 1.165) is 24.9 Å². The lowest BCUT2D eigenvalue weighted by molar-refractivity contribution is 0.190. The summed E-state index contributed by atoms with van der Waals surface area (Å²) in [5.74, 6) is 1.50. The monoisotopic (exact) mass is 282 g/mol. The van der Waals surface area contributed by atoms with Crippen molar-refractivity contribution in [1.82, 2.24) is 4.90 Å². The predicted molar refractivity (Wildman–Crippen MR) is 89.9 cm³/mol. The van der Waals surface area contributed by atoms with Crippen LogP contribution in [0.5, 0.6) is 0 Å². The molecule has 0 aromatic heterocycles. The van der Waals surface area contributed by atoms with Gasteiger partial charge < -0.3 is 10.6 Å². The Morgan fingerprint density at radius 1 is 1.10 bits per heavy atom. The SMILES string of the molecule is CC(C)C(N)CCN(C)C1CCCC(C(C)(C)C)CC1. The fourth-order valence-corrected chi connectivity index (χ4v) is 3.46. The summed E-state index contributed by atoms with van der Waals surface area (Å²) in [6.45, 7) is 12.8. The van der Waals surface area contributed by atoms with Gasteiger partial charge in [-0.2, -0.15) is 0 Å². The lowest BCUT2D eigenvalue weighted by Crippen LogP contribution is -2.37. The maximum absolute atomic E-state index is 6.18. The van der Waals surface area contributed by atoms with Crippen LogP contribution in [0.25, 0.3) is 0 Å². The summed E-state index contributed by atoms with van der Waals surface area (Å²) in [6, 6.07) is 1.13. The molecule has 2 nitrogen and oxygen atoms in total. The van der Waals surface area contributed by atoms with Crippen molar-refractivity contribution in [3.8, 4) is 0 Å². The number of rotatable bonds is 5. The van der Waals surface area contributed by atoms with E-state index in [9.17, 15) is 0 Å². The van der Waals surface area contributed by atoms with Crippen LogP contribution in [0.3, 0.4) is 0 Å². The maximum atomic E-state index is 6.18. The van der Waals surface area contributed by atoms with E-state index >= 15 is 0 Å². The molecule has 0 aromatic rings. The van der Waals surface area contributed by atoms with E-state index in [2.05, 4.69) is 46.6 Å². The molecule has 0 aliphatic heterocycles. The van der Waals surface area contributed by atoms with E-state index in [1.807, 2.05) is 0 Å². The van der Waals surface area contributed by atoms with E-state index in [0.29, 0.717) is 17.4 Å². The Bertz CT molecular complexity index is 267. The van der Waals surface area contributed by atoms with Crippen LogP contribution < -0.4 is 5.73 Å². The second kappa shape index (κ2) is 7.79. The molecule has 2 N–H and O–H groups in total. The Hall–Kier alpha value is -0.0800. The Labute approximate surface area is 127 Å². The van der Waals surface area contributed by atoms with Crippen molar-refractivity contribution in [3.63, 3.8) is 0 Å². The molecule has 1 aliphatic carbocycles. The normalized spacial score (nSPS) is 26.9. The predicted octanol–water partition coefficient (Wildman–Crippen LogP) is 4.29. The summed E-state index contributed by atoms with van der Waals surface area (Å²) in [5.41, 5.74) is 6.66. The van der Waals surface area contributed by atoms with Gasteiger partial charge in [0.15, 0.2) is 0 Å². The molecular formula is C18H38N2.